The lowest BCUT2D eigenvalue weighted by Gasteiger charge is -2.33. The van der Waals surface area contributed by atoms with Gasteiger partial charge in [-0.1, -0.05) is 41.9 Å². The number of nitrogens with zero attached hydrogens (tertiary/aromatic N) is 1. The van der Waals surface area contributed by atoms with E-state index in [2.05, 4.69) is 5.32 Å². The summed E-state index contributed by atoms with van der Waals surface area (Å²) in [5.74, 6) is -0.477. The van der Waals surface area contributed by atoms with Crippen molar-refractivity contribution < 1.29 is 19.1 Å². The molecule has 0 unspecified atom stereocenters. The highest BCUT2D eigenvalue weighted by Gasteiger charge is 2.27. The van der Waals surface area contributed by atoms with Gasteiger partial charge in [0.1, 0.15) is 0 Å². The predicted molar refractivity (Wildman–Crippen MR) is 119 cm³/mol. The van der Waals surface area contributed by atoms with E-state index in [4.69, 9.17) is 16.3 Å². The van der Waals surface area contributed by atoms with Gasteiger partial charge in [-0.15, -0.1) is 0 Å². The maximum Gasteiger partial charge on any atom is 0.338 e. The third-order valence-corrected chi connectivity index (χ3v) is 5.95. The van der Waals surface area contributed by atoms with Crippen LogP contribution in [0.5, 0.6) is 0 Å². The van der Waals surface area contributed by atoms with E-state index in [1.165, 1.54) is 7.11 Å². The first-order chi connectivity index (χ1) is 15.0. The van der Waals surface area contributed by atoms with Crippen molar-refractivity contribution in [3.8, 4) is 0 Å². The van der Waals surface area contributed by atoms with Gasteiger partial charge in [-0.2, -0.15) is 0 Å². The van der Waals surface area contributed by atoms with E-state index >= 15 is 0 Å². The predicted octanol–water partition coefficient (Wildman–Crippen LogP) is 4.08. The lowest BCUT2D eigenvalue weighted by Crippen LogP contribution is -2.40. The molecule has 2 aromatic carbocycles. The first kappa shape index (κ1) is 22.8. The lowest BCUT2D eigenvalue weighted by atomic mass is 9.92. The van der Waals surface area contributed by atoms with Crippen LogP contribution in [-0.2, 0) is 16.1 Å². The van der Waals surface area contributed by atoms with Crippen LogP contribution < -0.4 is 5.32 Å². The van der Waals surface area contributed by atoms with Crippen molar-refractivity contribution >= 4 is 29.4 Å². The van der Waals surface area contributed by atoms with Crippen LogP contribution in [0.15, 0.2) is 48.5 Å². The van der Waals surface area contributed by atoms with Gasteiger partial charge in [0.05, 0.1) is 18.2 Å². The normalized spacial score (nSPS) is 15.9. The molecule has 0 aromatic heterocycles. The maximum atomic E-state index is 13.0. The Labute approximate surface area is 187 Å². The molecule has 0 bridgehead atoms. The Kier molecular flexibility index (Phi) is 8.06. The molecule has 1 N–H and O–H groups in total. The number of hydrogen-bond donors (Lipinski definition) is 1. The van der Waals surface area contributed by atoms with Crippen molar-refractivity contribution in [3.63, 3.8) is 0 Å². The summed E-state index contributed by atoms with van der Waals surface area (Å²) in [4.78, 5) is 39.1. The zero-order valence-electron chi connectivity index (χ0n) is 17.6. The third kappa shape index (κ3) is 6.07. The van der Waals surface area contributed by atoms with E-state index in [0.717, 1.165) is 18.4 Å². The Bertz CT molecular complexity index is 947. The van der Waals surface area contributed by atoms with Crippen LogP contribution in [0.3, 0.4) is 0 Å². The van der Waals surface area contributed by atoms with E-state index < -0.39 is 5.97 Å². The Balaban J connectivity index is 1.53. The number of benzene rings is 2. The van der Waals surface area contributed by atoms with Crippen LogP contribution in [-0.4, -0.2) is 42.9 Å². The Morgan fingerprint density at radius 3 is 2.55 bits per heavy atom. The first-order valence-corrected chi connectivity index (χ1v) is 10.8. The van der Waals surface area contributed by atoms with Crippen molar-refractivity contribution in [2.45, 2.75) is 32.2 Å². The van der Waals surface area contributed by atoms with Gasteiger partial charge in [0, 0.05) is 31.1 Å². The first-order valence-electron chi connectivity index (χ1n) is 10.5. The van der Waals surface area contributed by atoms with Crippen LogP contribution in [0.25, 0.3) is 0 Å². The zero-order chi connectivity index (χ0) is 22.2. The number of carbonyl (C=O) groups excluding carboxylic acids is 3. The van der Waals surface area contributed by atoms with Gasteiger partial charge in [0.25, 0.3) is 5.91 Å². The lowest BCUT2D eigenvalue weighted by molar-refractivity contribution is -0.121. The molecule has 6 nitrogen and oxygen atoms in total. The molecule has 1 fully saturated rings. The topological polar surface area (TPSA) is 75.7 Å². The molecule has 2 aromatic rings. The van der Waals surface area contributed by atoms with E-state index in [0.29, 0.717) is 43.1 Å². The largest absolute Gasteiger partial charge is 0.465 e. The molecule has 164 valence electrons. The molecular weight excluding hydrogens is 416 g/mol. The van der Waals surface area contributed by atoms with Crippen LogP contribution >= 0.6 is 11.6 Å². The van der Waals surface area contributed by atoms with E-state index in [-0.39, 0.29) is 23.3 Å². The highest BCUT2D eigenvalue weighted by atomic mass is 35.5. The number of piperidine rings is 1. The monoisotopic (exact) mass is 442 g/mol. The molecule has 1 aliphatic rings. The number of amides is 2. The van der Waals surface area contributed by atoms with Crippen molar-refractivity contribution in [2.75, 3.05) is 20.2 Å². The van der Waals surface area contributed by atoms with Crippen LogP contribution in [0.2, 0.25) is 5.02 Å². The molecule has 0 radical (unpaired) electrons. The minimum atomic E-state index is -0.521. The maximum absolute atomic E-state index is 13.0. The molecule has 1 aliphatic heterocycles. The fourth-order valence-corrected chi connectivity index (χ4v) is 4.07. The van der Waals surface area contributed by atoms with Gasteiger partial charge in [-0.05, 0) is 48.9 Å². The third-order valence-electron chi connectivity index (χ3n) is 5.58. The number of halogens is 1. The average molecular weight is 443 g/mol. The molecule has 7 heteroatoms. The molecule has 1 atom stereocenters. The number of ether oxygens (including phenoxy) is 1. The number of esters is 1. The summed E-state index contributed by atoms with van der Waals surface area (Å²) < 4.78 is 4.80. The molecule has 1 saturated heterocycles. The molecule has 2 amide bonds. The SMILES string of the molecule is COC(=O)c1ccccc1C(=O)N1CCC[C@@H](CCC(=O)NCc2ccccc2Cl)C1. The Hall–Kier alpha value is -2.86. The molecule has 3 rings (SSSR count). The molecule has 0 saturated carbocycles. The number of likely N-dealkylation sites (tertiary alicyclic amines) is 1. The van der Waals surface area contributed by atoms with Crippen molar-refractivity contribution in [2.24, 2.45) is 5.92 Å². The minimum Gasteiger partial charge on any atom is -0.465 e. The molecule has 0 spiro atoms. The number of hydrogen-bond acceptors (Lipinski definition) is 4. The van der Waals surface area contributed by atoms with E-state index in [1.54, 1.807) is 35.2 Å². The Morgan fingerprint density at radius 1 is 1.10 bits per heavy atom. The standard InChI is InChI=1S/C24H27ClN2O4/c1-31-24(30)20-10-4-3-9-19(20)23(29)27-14-6-7-17(16-27)12-13-22(28)26-15-18-8-2-5-11-21(18)25/h2-5,8-11,17H,6-7,12-16H2,1H3,(H,26,28)/t17-/m0/s1. The number of methoxy groups -OCH3 is 1. The molecule has 0 aliphatic carbocycles. The van der Waals surface area contributed by atoms with Crippen LogP contribution in [0.4, 0.5) is 0 Å². The van der Waals surface area contributed by atoms with Crippen molar-refractivity contribution in [3.05, 3.63) is 70.2 Å². The zero-order valence-corrected chi connectivity index (χ0v) is 18.4. The average Bonchev–Trinajstić information content (AvgIpc) is 2.81. The molecule has 31 heavy (non-hydrogen) atoms. The van der Waals surface area contributed by atoms with Gasteiger partial charge < -0.3 is 15.0 Å². The van der Waals surface area contributed by atoms with E-state index in [9.17, 15) is 14.4 Å². The Morgan fingerprint density at radius 2 is 1.81 bits per heavy atom. The minimum absolute atomic E-state index is 0.0283. The highest BCUT2D eigenvalue weighted by molar-refractivity contribution is 6.31. The van der Waals surface area contributed by atoms with Gasteiger partial charge in [-0.25, -0.2) is 4.79 Å². The smallest absolute Gasteiger partial charge is 0.338 e. The summed E-state index contributed by atoms with van der Waals surface area (Å²) in [6, 6.07) is 14.1. The van der Waals surface area contributed by atoms with Crippen LogP contribution in [0, 0.1) is 5.92 Å². The quantitative estimate of drug-likeness (QED) is 0.655. The number of rotatable bonds is 7. The second kappa shape index (κ2) is 11.0. The van der Waals surface area contributed by atoms with Gasteiger partial charge in [0.2, 0.25) is 5.91 Å². The molecule has 1 heterocycles. The number of nitrogens with one attached hydrogen (secondary N) is 1. The summed E-state index contributed by atoms with van der Waals surface area (Å²) >= 11 is 6.12. The highest BCUT2D eigenvalue weighted by Crippen LogP contribution is 2.24. The van der Waals surface area contributed by atoms with Crippen molar-refractivity contribution in [1.29, 1.82) is 0 Å². The van der Waals surface area contributed by atoms with Gasteiger partial charge >= 0.3 is 5.97 Å². The number of carbonyl (C=O) groups is 3. The molecular formula is C24H27ClN2O4. The summed E-state index contributed by atoms with van der Waals surface area (Å²) in [5.41, 5.74) is 1.51. The van der Waals surface area contributed by atoms with Crippen LogP contribution in [0.1, 0.15) is 52.0 Å². The second-order valence-electron chi connectivity index (χ2n) is 7.70. The van der Waals surface area contributed by atoms with E-state index in [1.807, 2.05) is 18.2 Å². The summed E-state index contributed by atoms with van der Waals surface area (Å²) in [5, 5.41) is 3.55. The summed E-state index contributed by atoms with van der Waals surface area (Å²) in [6.45, 7) is 1.62. The fourth-order valence-electron chi connectivity index (χ4n) is 3.87. The summed E-state index contributed by atoms with van der Waals surface area (Å²) in [6.07, 6.45) is 2.95. The second-order valence-corrected chi connectivity index (χ2v) is 8.11. The summed E-state index contributed by atoms with van der Waals surface area (Å²) in [7, 11) is 1.30. The van der Waals surface area contributed by atoms with Gasteiger partial charge in [-0.3, -0.25) is 9.59 Å². The van der Waals surface area contributed by atoms with Gasteiger partial charge in [0.15, 0.2) is 0 Å². The fraction of sp³-hybridized carbons (Fsp3) is 0.375. The van der Waals surface area contributed by atoms with Crippen molar-refractivity contribution in [1.82, 2.24) is 10.2 Å².